The lowest BCUT2D eigenvalue weighted by Crippen LogP contribution is -2.61. The van der Waals surface area contributed by atoms with Crippen LogP contribution in [0.5, 0.6) is 0 Å². The molecule has 0 aliphatic rings. The smallest absolute Gasteiger partial charge is 0.332 e. The number of nitrogens with two attached hydrogens (primary N) is 1. The molecule has 0 aromatic carbocycles. The molecule has 1 aromatic heterocycles. The van der Waals surface area contributed by atoms with E-state index in [1.54, 1.807) is 19.1 Å². The maximum atomic E-state index is 12.2. The number of carboxylic acid groups (broad SMARTS) is 1. The Labute approximate surface area is 138 Å². The van der Waals surface area contributed by atoms with Gasteiger partial charge in [0.1, 0.15) is 11.5 Å². The van der Waals surface area contributed by atoms with Crippen molar-refractivity contribution < 1.29 is 28.6 Å². The lowest BCUT2D eigenvalue weighted by molar-refractivity contribution is -0.150. The molecular weight excluding hydrogens is 324 g/mol. The minimum atomic E-state index is -1.50. The molecule has 0 aliphatic carbocycles. The highest BCUT2D eigenvalue weighted by atomic mass is 32.1. The lowest BCUT2D eigenvalue weighted by atomic mass is 9.95. The summed E-state index contributed by atoms with van der Waals surface area (Å²) in [7, 11) is 1.18. The van der Waals surface area contributed by atoms with Crippen LogP contribution < -0.4 is 11.1 Å². The fraction of sp³-hybridized carbons (Fsp3) is 0.500. The Hall–Kier alpha value is -2.00. The summed E-state index contributed by atoms with van der Waals surface area (Å²) in [6.45, 7) is 1.74. The number of carbonyl (C=O) groups excluding carboxylic acids is 2. The molecule has 0 saturated carbocycles. The molecule has 1 heterocycles. The fourth-order valence-corrected chi connectivity index (χ4v) is 2.33. The van der Waals surface area contributed by atoms with Crippen molar-refractivity contribution in [3.05, 3.63) is 23.7 Å². The highest BCUT2D eigenvalue weighted by Gasteiger charge is 2.42. The number of amides is 1. The van der Waals surface area contributed by atoms with Crippen molar-refractivity contribution in [3.63, 3.8) is 0 Å². The van der Waals surface area contributed by atoms with Crippen molar-refractivity contribution >= 4 is 30.5 Å². The molecule has 1 aromatic rings. The Morgan fingerprint density at radius 3 is 2.57 bits per heavy atom. The molecule has 0 saturated heterocycles. The maximum absolute atomic E-state index is 12.2. The summed E-state index contributed by atoms with van der Waals surface area (Å²) < 4.78 is 10.2. The predicted octanol–water partition coefficient (Wildman–Crippen LogP) is -0.110. The summed E-state index contributed by atoms with van der Waals surface area (Å²) in [4.78, 5) is 34.9. The van der Waals surface area contributed by atoms with Crippen LogP contribution in [0.2, 0.25) is 0 Å². The highest BCUT2D eigenvalue weighted by molar-refractivity contribution is 7.80. The molecule has 0 radical (unpaired) electrons. The van der Waals surface area contributed by atoms with Crippen molar-refractivity contribution in [1.82, 2.24) is 5.32 Å². The van der Waals surface area contributed by atoms with E-state index < -0.39 is 35.8 Å². The third-order valence-corrected chi connectivity index (χ3v) is 3.75. The molecule has 0 spiro atoms. The second-order valence-electron chi connectivity index (χ2n) is 5.11. The van der Waals surface area contributed by atoms with Gasteiger partial charge in [-0.3, -0.25) is 9.59 Å². The molecule has 0 aliphatic heterocycles. The van der Waals surface area contributed by atoms with Gasteiger partial charge in [-0.25, -0.2) is 4.79 Å². The number of thiol groups is 1. The van der Waals surface area contributed by atoms with Gasteiger partial charge in [-0.1, -0.05) is 0 Å². The predicted molar refractivity (Wildman–Crippen MR) is 84.1 cm³/mol. The van der Waals surface area contributed by atoms with Crippen molar-refractivity contribution in [2.75, 3.05) is 12.9 Å². The fourth-order valence-electron chi connectivity index (χ4n) is 2.01. The zero-order valence-corrected chi connectivity index (χ0v) is 13.8. The quantitative estimate of drug-likeness (QED) is 0.382. The number of aliphatic carboxylic acids is 1. The molecule has 128 valence electrons. The lowest BCUT2D eigenvalue weighted by Gasteiger charge is -2.30. The summed E-state index contributed by atoms with van der Waals surface area (Å²) in [6.07, 6.45) is -0.557. The summed E-state index contributed by atoms with van der Waals surface area (Å²) >= 11 is 4.13. The zero-order chi connectivity index (χ0) is 17.6. The number of hydrogen-bond acceptors (Lipinski definition) is 7. The third-order valence-electron chi connectivity index (χ3n) is 3.21. The van der Waals surface area contributed by atoms with Crippen LogP contribution >= 0.6 is 12.6 Å². The zero-order valence-electron chi connectivity index (χ0n) is 12.9. The van der Waals surface area contributed by atoms with E-state index in [0.717, 1.165) is 0 Å². The molecule has 1 rings (SSSR count). The van der Waals surface area contributed by atoms with E-state index in [0.29, 0.717) is 11.5 Å². The molecular formula is C14H20N2O6S. The normalized spacial score (nSPS) is 14.6. The van der Waals surface area contributed by atoms with E-state index in [2.05, 4.69) is 17.9 Å². The second kappa shape index (κ2) is 8.02. The van der Waals surface area contributed by atoms with E-state index in [1.807, 2.05) is 0 Å². The number of rotatable bonds is 8. The summed E-state index contributed by atoms with van der Waals surface area (Å²) in [5, 5.41) is 11.2. The van der Waals surface area contributed by atoms with Crippen LogP contribution in [0.4, 0.5) is 0 Å². The van der Waals surface area contributed by atoms with Crippen molar-refractivity contribution in [3.8, 4) is 0 Å². The van der Waals surface area contributed by atoms with Crippen LogP contribution in [0.3, 0.4) is 0 Å². The van der Waals surface area contributed by atoms with Crippen LogP contribution in [0.1, 0.15) is 17.9 Å². The Kier molecular flexibility index (Phi) is 6.64. The molecule has 4 N–H and O–H groups in total. The number of ether oxygens (including phenoxy) is 1. The number of furan rings is 1. The van der Waals surface area contributed by atoms with Crippen LogP contribution in [0.25, 0.3) is 0 Å². The number of carbonyl (C=O) groups is 3. The Morgan fingerprint density at radius 1 is 1.48 bits per heavy atom. The number of esters is 1. The van der Waals surface area contributed by atoms with Gasteiger partial charge in [-0.05, 0) is 19.1 Å². The van der Waals surface area contributed by atoms with E-state index in [4.69, 9.17) is 20.0 Å². The Balaban J connectivity index is 3.01. The molecule has 1 amide bonds. The van der Waals surface area contributed by atoms with Crippen LogP contribution in [-0.4, -0.2) is 47.4 Å². The highest BCUT2D eigenvalue weighted by Crippen LogP contribution is 2.20. The van der Waals surface area contributed by atoms with Gasteiger partial charge in [0.05, 0.1) is 19.6 Å². The van der Waals surface area contributed by atoms with Gasteiger partial charge in [-0.2, -0.15) is 12.6 Å². The van der Waals surface area contributed by atoms with Crippen LogP contribution in [0, 0.1) is 6.92 Å². The van der Waals surface area contributed by atoms with E-state index in [-0.39, 0.29) is 12.2 Å². The van der Waals surface area contributed by atoms with E-state index in [1.165, 1.54) is 7.11 Å². The summed E-state index contributed by atoms with van der Waals surface area (Å²) in [5.74, 6) is -1.71. The third kappa shape index (κ3) is 5.00. The van der Waals surface area contributed by atoms with Crippen molar-refractivity contribution in [2.24, 2.45) is 5.73 Å². The average Bonchev–Trinajstić information content (AvgIpc) is 2.89. The largest absolute Gasteiger partial charge is 0.481 e. The van der Waals surface area contributed by atoms with Gasteiger partial charge in [0, 0.05) is 12.2 Å². The van der Waals surface area contributed by atoms with E-state index >= 15 is 0 Å². The molecule has 2 atom stereocenters. The number of methoxy groups -OCH3 is 1. The first-order valence-electron chi connectivity index (χ1n) is 6.78. The molecule has 0 fully saturated rings. The van der Waals surface area contributed by atoms with Gasteiger partial charge in [0.25, 0.3) is 0 Å². The van der Waals surface area contributed by atoms with Crippen molar-refractivity contribution in [2.45, 2.75) is 31.3 Å². The topological polar surface area (TPSA) is 132 Å². The Bertz CT molecular complexity index is 588. The maximum Gasteiger partial charge on any atom is 0.332 e. The van der Waals surface area contributed by atoms with Crippen LogP contribution in [-0.2, 0) is 25.5 Å². The minimum Gasteiger partial charge on any atom is -0.481 e. The number of hydrogen-bond donors (Lipinski definition) is 4. The average molecular weight is 344 g/mol. The first kappa shape index (κ1) is 19.0. The van der Waals surface area contributed by atoms with Gasteiger partial charge < -0.3 is 25.3 Å². The second-order valence-corrected chi connectivity index (χ2v) is 5.43. The van der Waals surface area contributed by atoms with E-state index in [9.17, 15) is 14.4 Å². The molecule has 23 heavy (non-hydrogen) atoms. The summed E-state index contributed by atoms with van der Waals surface area (Å²) in [5.41, 5.74) is 4.02. The Morgan fingerprint density at radius 2 is 2.13 bits per heavy atom. The van der Waals surface area contributed by atoms with Crippen LogP contribution in [0.15, 0.2) is 16.5 Å². The number of carboxylic acids is 1. The first-order chi connectivity index (χ1) is 10.7. The molecule has 0 unspecified atom stereocenters. The summed E-state index contributed by atoms with van der Waals surface area (Å²) in [6, 6.07) is 2.09. The molecule has 8 nitrogen and oxygen atoms in total. The first-order valence-corrected chi connectivity index (χ1v) is 7.41. The van der Waals surface area contributed by atoms with Gasteiger partial charge in [-0.15, -0.1) is 0 Å². The SMILES string of the molecule is COC(=O)[C@@](CS)(Cc1ccc(C)o1)NC(=O)[C@@H](N)CC(=O)O. The van der Waals surface area contributed by atoms with Gasteiger partial charge in [0.15, 0.2) is 5.54 Å². The monoisotopic (exact) mass is 344 g/mol. The molecule has 0 bridgehead atoms. The minimum absolute atomic E-state index is 0.00252. The standard InChI is InChI=1S/C14H20N2O6S/c1-8-3-4-9(22-8)6-14(7-23,13(20)21-2)16-12(19)10(15)5-11(17)18/h3-4,10,23H,5-7,15H2,1-2H3,(H,16,19)(H,17,18)/t10-,14-/m0/s1. The number of aryl methyl sites for hydroxylation is 1. The number of nitrogens with one attached hydrogen (secondary N) is 1. The molecule has 9 heteroatoms. The van der Waals surface area contributed by atoms with Gasteiger partial charge in [0.2, 0.25) is 5.91 Å². The van der Waals surface area contributed by atoms with Gasteiger partial charge >= 0.3 is 11.9 Å². The van der Waals surface area contributed by atoms with Crippen molar-refractivity contribution in [1.29, 1.82) is 0 Å².